The highest BCUT2D eigenvalue weighted by atomic mass is 15.1. The van der Waals surface area contributed by atoms with Gasteiger partial charge in [0.25, 0.3) is 0 Å². The maximum absolute atomic E-state index is 3.72. The fourth-order valence-electron chi connectivity index (χ4n) is 3.71. The molecule has 2 fully saturated rings. The van der Waals surface area contributed by atoms with Crippen molar-refractivity contribution in [3.05, 3.63) is 0 Å². The third kappa shape index (κ3) is 3.96. The normalized spacial score (nSPS) is 36.0. The summed E-state index contributed by atoms with van der Waals surface area (Å²) in [5, 5.41) is 3.72. The second-order valence-corrected chi connectivity index (χ2v) is 6.20. The summed E-state index contributed by atoms with van der Waals surface area (Å²) < 4.78 is 0. The van der Waals surface area contributed by atoms with E-state index in [4.69, 9.17) is 0 Å². The molecule has 2 aliphatic rings. The average Bonchev–Trinajstić information content (AvgIpc) is 2.34. The van der Waals surface area contributed by atoms with E-state index in [0.29, 0.717) is 0 Å². The zero-order valence-electron chi connectivity index (χ0n) is 11.8. The van der Waals surface area contributed by atoms with Gasteiger partial charge >= 0.3 is 0 Å². The average molecular weight is 238 g/mol. The maximum Gasteiger partial charge on any atom is 0.0108 e. The molecule has 0 aromatic rings. The van der Waals surface area contributed by atoms with Gasteiger partial charge in [0, 0.05) is 12.6 Å². The Kier molecular flexibility index (Phi) is 5.30. The first-order valence-corrected chi connectivity index (χ1v) is 7.75. The van der Waals surface area contributed by atoms with Crippen LogP contribution >= 0.6 is 0 Å². The Labute approximate surface area is 107 Å². The minimum atomic E-state index is 0.790. The van der Waals surface area contributed by atoms with Crippen molar-refractivity contribution in [1.29, 1.82) is 0 Å². The number of rotatable bonds is 4. The Hall–Kier alpha value is -0.0800. The number of likely N-dealkylation sites (tertiary alicyclic amines) is 1. The molecule has 0 bridgehead atoms. The third-order valence-electron chi connectivity index (χ3n) is 4.65. The maximum atomic E-state index is 3.72. The van der Waals surface area contributed by atoms with Gasteiger partial charge in [0.05, 0.1) is 0 Å². The van der Waals surface area contributed by atoms with Gasteiger partial charge in [-0.3, -0.25) is 0 Å². The summed E-state index contributed by atoms with van der Waals surface area (Å²) in [5.41, 5.74) is 0. The predicted molar refractivity (Wildman–Crippen MR) is 74.3 cm³/mol. The molecule has 0 spiro atoms. The fourth-order valence-corrected chi connectivity index (χ4v) is 3.71. The van der Waals surface area contributed by atoms with Crippen LogP contribution in [-0.2, 0) is 0 Å². The van der Waals surface area contributed by atoms with Gasteiger partial charge in [-0.25, -0.2) is 0 Å². The molecule has 1 saturated heterocycles. The molecule has 3 unspecified atom stereocenters. The topological polar surface area (TPSA) is 15.3 Å². The molecule has 3 atom stereocenters. The Bertz CT molecular complexity index is 211. The largest absolute Gasteiger partial charge is 0.314 e. The zero-order valence-corrected chi connectivity index (χ0v) is 11.8. The molecule has 1 saturated carbocycles. The van der Waals surface area contributed by atoms with E-state index in [0.717, 1.165) is 24.4 Å². The van der Waals surface area contributed by atoms with E-state index in [1.165, 1.54) is 58.2 Å². The molecule has 0 radical (unpaired) electrons. The third-order valence-corrected chi connectivity index (χ3v) is 4.65. The molecule has 1 N–H and O–H groups in total. The van der Waals surface area contributed by atoms with Crippen LogP contribution in [0.25, 0.3) is 0 Å². The van der Waals surface area contributed by atoms with Crippen LogP contribution in [-0.4, -0.2) is 37.1 Å². The summed E-state index contributed by atoms with van der Waals surface area (Å²) in [6.07, 6.45) is 8.56. The van der Waals surface area contributed by atoms with Gasteiger partial charge in [0.2, 0.25) is 0 Å². The van der Waals surface area contributed by atoms with Crippen LogP contribution in [0.2, 0.25) is 0 Å². The van der Waals surface area contributed by atoms with Crippen molar-refractivity contribution in [1.82, 2.24) is 10.2 Å². The zero-order chi connectivity index (χ0) is 12.1. The van der Waals surface area contributed by atoms with Gasteiger partial charge in [-0.1, -0.05) is 20.3 Å². The van der Waals surface area contributed by atoms with Gasteiger partial charge in [-0.2, -0.15) is 0 Å². The lowest BCUT2D eigenvalue weighted by atomic mass is 9.78. The number of hydrogen-bond donors (Lipinski definition) is 1. The van der Waals surface area contributed by atoms with E-state index in [1.807, 2.05) is 0 Å². The lowest BCUT2D eigenvalue weighted by molar-refractivity contribution is 0.131. The van der Waals surface area contributed by atoms with Crippen LogP contribution in [0.3, 0.4) is 0 Å². The molecule has 100 valence electrons. The summed E-state index contributed by atoms with van der Waals surface area (Å²) in [6, 6.07) is 0.790. The standard InChI is InChI=1S/C15H30N2/c1-3-16-15-8-7-13(2)11-14(15)12-17-9-5-4-6-10-17/h13-16H,3-12H2,1-2H3. The van der Waals surface area contributed by atoms with Crippen LogP contribution in [0, 0.1) is 11.8 Å². The quantitative estimate of drug-likeness (QED) is 0.810. The lowest BCUT2D eigenvalue weighted by Crippen LogP contribution is -2.46. The van der Waals surface area contributed by atoms with Crippen molar-refractivity contribution in [2.24, 2.45) is 11.8 Å². The highest BCUT2D eigenvalue weighted by Crippen LogP contribution is 2.30. The van der Waals surface area contributed by atoms with Crippen LogP contribution < -0.4 is 5.32 Å². The van der Waals surface area contributed by atoms with E-state index in [2.05, 4.69) is 24.1 Å². The summed E-state index contributed by atoms with van der Waals surface area (Å²) in [7, 11) is 0. The first-order chi connectivity index (χ1) is 8.29. The monoisotopic (exact) mass is 238 g/mol. The van der Waals surface area contributed by atoms with Crippen LogP contribution in [0.5, 0.6) is 0 Å². The van der Waals surface area contributed by atoms with Crippen molar-refractivity contribution < 1.29 is 0 Å². The Morgan fingerprint density at radius 1 is 1.12 bits per heavy atom. The summed E-state index contributed by atoms with van der Waals surface area (Å²) in [4.78, 5) is 2.72. The molecule has 0 amide bonds. The van der Waals surface area contributed by atoms with E-state index in [1.54, 1.807) is 0 Å². The Morgan fingerprint density at radius 3 is 2.59 bits per heavy atom. The number of hydrogen-bond acceptors (Lipinski definition) is 2. The van der Waals surface area contributed by atoms with E-state index >= 15 is 0 Å². The van der Waals surface area contributed by atoms with Gasteiger partial charge in [-0.05, 0) is 63.6 Å². The molecule has 1 heterocycles. The van der Waals surface area contributed by atoms with Crippen molar-refractivity contribution in [2.75, 3.05) is 26.2 Å². The molecule has 0 aromatic carbocycles. The summed E-state index contributed by atoms with van der Waals surface area (Å²) in [5.74, 6) is 1.84. The number of piperidine rings is 1. The Morgan fingerprint density at radius 2 is 1.88 bits per heavy atom. The van der Waals surface area contributed by atoms with Crippen molar-refractivity contribution in [2.45, 2.75) is 58.4 Å². The van der Waals surface area contributed by atoms with Gasteiger partial charge in [-0.15, -0.1) is 0 Å². The van der Waals surface area contributed by atoms with E-state index in [-0.39, 0.29) is 0 Å². The first kappa shape index (κ1) is 13.4. The molecular weight excluding hydrogens is 208 g/mol. The minimum absolute atomic E-state index is 0.790. The second-order valence-electron chi connectivity index (χ2n) is 6.20. The van der Waals surface area contributed by atoms with Crippen LogP contribution in [0.4, 0.5) is 0 Å². The number of nitrogens with zero attached hydrogens (tertiary/aromatic N) is 1. The number of nitrogens with one attached hydrogen (secondary N) is 1. The van der Waals surface area contributed by atoms with Crippen molar-refractivity contribution >= 4 is 0 Å². The van der Waals surface area contributed by atoms with Gasteiger partial charge in [0.1, 0.15) is 0 Å². The lowest BCUT2D eigenvalue weighted by Gasteiger charge is -2.39. The van der Waals surface area contributed by atoms with E-state index < -0.39 is 0 Å². The van der Waals surface area contributed by atoms with Gasteiger partial charge < -0.3 is 10.2 Å². The van der Waals surface area contributed by atoms with E-state index in [9.17, 15) is 0 Å². The smallest absolute Gasteiger partial charge is 0.0108 e. The highest BCUT2D eigenvalue weighted by molar-refractivity contribution is 4.85. The van der Waals surface area contributed by atoms with Crippen molar-refractivity contribution in [3.8, 4) is 0 Å². The Balaban J connectivity index is 1.85. The summed E-state index contributed by atoms with van der Waals surface area (Å²) in [6.45, 7) is 9.87. The van der Waals surface area contributed by atoms with Crippen LogP contribution in [0.1, 0.15) is 52.4 Å². The minimum Gasteiger partial charge on any atom is -0.314 e. The molecule has 1 aliphatic heterocycles. The molecule has 17 heavy (non-hydrogen) atoms. The molecule has 0 aromatic heterocycles. The second kappa shape index (κ2) is 6.75. The molecule has 2 heteroatoms. The molecular formula is C15H30N2. The first-order valence-electron chi connectivity index (χ1n) is 7.75. The SMILES string of the molecule is CCNC1CCC(C)CC1CN1CCCCC1. The highest BCUT2D eigenvalue weighted by Gasteiger charge is 2.29. The molecule has 2 nitrogen and oxygen atoms in total. The van der Waals surface area contributed by atoms with Crippen molar-refractivity contribution in [3.63, 3.8) is 0 Å². The molecule has 1 aliphatic carbocycles. The summed E-state index contributed by atoms with van der Waals surface area (Å²) >= 11 is 0. The van der Waals surface area contributed by atoms with Crippen LogP contribution in [0.15, 0.2) is 0 Å². The predicted octanol–water partition coefficient (Wildman–Crippen LogP) is 2.89. The van der Waals surface area contributed by atoms with Gasteiger partial charge in [0.15, 0.2) is 0 Å². The fraction of sp³-hybridized carbons (Fsp3) is 1.00. The molecule has 2 rings (SSSR count).